The Kier molecular flexibility index (Phi) is 5.76. The Morgan fingerprint density at radius 1 is 1.07 bits per heavy atom. The molecule has 0 saturated carbocycles. The van der Waals surface area contributed by atoms with Crippen LogP contribution in [0, 0.1) is 11.2 Å². The number of hydrogen-bond acceptors (Lipinski definition) is 4. The van der Waals surface area contributed by atoms with Crippen LogP contribution in [0.25, 0.3) is 0 Å². The summed E-state index contributed by atoms with van der Waals surface area (Å²) in [6, 6.07) is 6.83. The number of benzene rings is 1. The average molecular weight is 375 g/mol. The first kappa shape index (κ1) is 18.8. The minimum absolute atomic E-state index is 0.182. The summed E-state index contributed by atoms with van der Waals surface area (Å²) < 4.78 is 13.1. The van der Waals surface area contributed by atoms with Crippen molar-refractivity contribution in [3.63, 3.8) is 0 Å². The van der Waals surface area contributed by atoms with Crippen LogP contribution < -0.4 is 0 Å². The molecule has 6 heteroatoms. The molecule has 0 bridgehead atoms. The topological polar surface area (TPSA) is 36.0 Å². The SMILES string of the molecule is O=C(CCN1CCCO1)N1CCC2(CCCN(Cc3ccc(F)cc3)C2)C1. The second kappa shape index (κ2) is 8.25. The molecule has 1 aromatic rings. The summed E-state index contributed by atoms with van der Waals surface area (Å²) in [4.78, 5) is 22.7. The number of halogens is 1. The number of rotatable bonds is 5. The van der Waals surface area contributed by atoms with Gasteiger partial charge in [-0.2, -0.15) is 5.06 Å². The molecule has 148 valence electrons. The largest absolute Gasteiger partial charge is 0.342 e. The van der Waals surface area contributed by atoms with Gasteiger partial charge in [0.25, 0.3) is 0 Å². The van der Waals surface area contributed by atoms with Crippen molar-refractivity contribution in [1.82, 2.24) is 14.9 Å². The fourth-order valence-electron chi connectivity index (χ4n) is 4.83. The van der Waals surface area contributed by atoms with Crippen molar-refractivity contribution >= 4 is 5.91 Å². The fraction of sp³-hybridized carbons (Fsp3) is 0.667. The van der Waals surface area contributed by atoms with Crippen LogP contribution >= 0.6 is 0 Å². The van der Waals surface area contributed by atoms with Crippen molar-refractivity contribution in [1.29, 1.82) is 0 Å². The summed E-state index contributed by atoms with van der Waals surface area (Å²) in [6.07, 6.45) is 5.08. The van der Waals surface area contributed by atoms with Gasteiger partial charge in [0.15, 0.2) is 0 Å². The van der Waals surface area contributed by atoms with Gasteiger partial charge >= 0.3 is 0 Å². The third-order valence-corrected chi connectivity index (χ3v) is 6.25. The molecule has 1 amide bonds. The van der Waals surface area contributed by atoms with E-state index >= 15 is 0 Å². The van der Waals surface area contributed by atoms with Crippen molar-refractivity contribution < 1.29 is 14.0 Å². The maximum absolute atomic E-state index is 13.1. The van der Waals surface area contributed by atoms with E-state index in [1.54, 1.807) is 0 Å². The number of hydroxylamine groups is 2. The van der Waals surface area contributed by atoms with Gasteiger partial charge in [-0.25, -0.2) is 4.39 Å². The number of carbonyl (C=O) groups is 1. The first-order valence-electron chi connectivity index (χ1n) is 10.2. The molecule has 27 heavy (non-hydrogen) atoms. The summed E-state index contributed by atoms with van der Waals surface area (Å²) in [5.41, 5.74) is 1.39. The van der Waals surface area contributed by atoms with Gasteiger partial charge in [0, 0.05) is 51.1 Å². The predicted molar refractivity (Wildman–Crippen MR) is 101 cm³/mol. The first-order valence-corrected chi connectivity index (χ1v) is 10.2. The fourth-order valence-corrected chi connectivity index (χ4v) is 4.83. The molecule has 5 nitrogen and oxygen atoms in total. The smallest absolute Gasteiger partial charge is 0.223 e. The Morgan fingerprint density at radius 2 is 1.93 bits per heavy atom. The molecule has 3 aliphatic heterocycles. The van der Waals surface area contributed by atoms with E-state index in [9.17, 15) is 9.18 Å². The van der Waals surface area contributed by atoms with E-state index in [0.29, 0.717) is 13.0 Å². The molecule has 0 radical (unpaired) electrons. The van der Waals surface area contributed by atoms with E-state index in [1.807, 2.05) is 17.2 Å². The number of amides is 1. The summed E-state index contributed by atoms with van der Waals surface area (Å²) >= 11 is 0. The molecule has 0 aromatic heterocycles. The number of nitrogens with zero attached hydrogens (tertiary/aromatic N) is 3. The third kappa shape index (κ3) is 4.68. The van der Waals surface area contributed by atoms with Gasteiger partial charge in [0.2, 0.25) is 5.91 Å². The number of carbonyl (C=O) groups excluding carboxylic acids is 1. The van der Waals surface area contributed by atoms with Gasteiger partial charge in [-0.3, -0.25) is 14.5 Å². The molecular formula is C21H30FN3O2. The summed E-state index contributed by atoms with van der Waals surface area (Å²) in [5, 5.41) is 1.93. The molecular weight excluding hydrogens is 345 g/mol. The summed E-state index contributed by atoms with van der Waals surface area (Å²) in [5.74, 6) is 0.0798. The van der Waals surface area contributed by atoms with Gasteiger partial charge in [-0.05, 0) is 49.9 Å². The molecule has 1 spiro atoms. The zero-order chi connectivity index (χ0) is 18.7. The molecule has 3 fully saturated rings. The molecule has 1 aromatic carbocycles. The highest BCUT2D eigenvalue weighted by atomic mass is 19.1. The molecule has 0 N–H and O–H groups in total. The monoisotopic (exact) mass is 375 g/mol. The second-order valence-electron chi connectivity index (χ2n) is 8.37. The predicted octanol–water partition coefficient (Wildman–Crippen LogP) is 2.67. The molecule has 1 unspecified atom stereocenters. The number of piperidine rings is 1. The zero-order valence-electron chi connectivity index (χ0n) is 16.0. The second-order valence-corrected chi connectivity index (χ2v) is 8.37. The molecule has 3 aliphatic rings. The van der Waals surface area contributed by atoms with Gasteiger partial charge < -0.3 is 4.90 Å². The lowest BCUT2D eigenvalue weighted by atomic mass is 9.79. The number of likely N-dealkylation sites (tertiary alicyclic amines) is 2. The van der Waals surface area contributed by atoms with Gasteiger partial charge in [0.05, 0.1) is 6.61 Å². The van der Waals surface area contributed by atoms with Crippen molar-refractivity contribution in [3.8, 4) is 0 Å². The van der Waals surface area contributed by atoms with E-state index in [2.05, 4.69) is 9.80 Å². The summed E-state index contributed by atoms with van der Waals surface area (Å²) in [6.45, 7) is 7.17. The molecule has 4 rings (SSSR count). The standard InChI is InChI=1S/C21H30FN3O2/c22-19-5-3-18(4-6-19)15-23-10-1-8-21(16-23)9-13-24(17-21)20(26)7-12-25-11-2-14-27-25/h3-6H,1-2,7-17H2. The average Bonchev–Trinajstić information content (AvgIpc) is 3.32. The lowest BCUT2D eigenvalue weighted by Crippen LogP contribution is -2.45. The highest BCUT2D eigenvalue weighted by molar-refractivity contribution is 5.76. The number of hydrogen-bond donors (Lipinski definition) is 0. The molecule has 0 aliphatic carbocycles. The quantitative estimate of drug-likeness (QED) is 0.793. The van der Waals surface area contributed by atoms with Crippen LogP contribution in [0.5, 0.6) is 0 Å². The Balaban J connectivity index is 1.29. The maximum Gasteiger partial charge on any atom is 0.223 e. The van der Waals surface area contributed by atoms with Crippen LogP contribution in [0.1, 0.15) is 37.7 Å². The Hall–Kier alpha value is -1.50. The van der Waals surface area contributed by atoms with Crippen LogP contribution in [-0.4, -0.2) is 66.6 Å². The zero-order valence-corrected chi connectivity index (χ0v) is 16.0. The highest BCUT2D eigenvalue weighted by Crippen LogP contribution is 2.39. The van der Waals surface area contributed by atoms with E-state index in [0.717, 1.165) is 64.3 Å². The van der Waals surface area contributed by atoms with Crippen LogP contribution in [0.15, 0.2) is 24.3 Å². The van der Waals surface area contributed by atoms with Gasteiger partial charge in [0.1, 0.15) is 5.82 Å². The minimum Gasteiger partial charge on any atom is -0.342 e. The lowest BCUT2D eigenvalue weighted by Gasteiger charge is -2.40. The third-order valence-electron chi connectivity index (χ3n) is 6.25. The van der Waals surface area contributed by atoms with Crippen LogP contribution in [0.3, 0.4) is 0 Å². The summed E-state index contributed by atoms with van der Waals surface area (Å²) in [7, 11) is 0. The first-order chi connectivity index (χ1) is 13.1. The van der Waals surface area contributed by atoms with Crippen LogP contribution in [-0.2, 0) is 16.2 Å². The van der Waals surface area contributed by atoms with Crippen LogP contribution in [0.2, 0.25) is 0 Å². The van der Waals surface area contributed by atoms with E-state index < -0.39 is 0 Å². The Morgan fingerprint density at radius 3 is 2.70 bits per heavy atom. The normalized spacial score (nSPS) is 26.9. The van der Waals surface area contributed by atoms with E-state index in [1.165, 1.54) is 25.0 Å². The van der Waals surface area contributed by atoms with Crippen molar-refractivity contribution in [2.75, 3.05) is 45.9 Å². The van der Waals surface area contributed by atoms with Crippen molar-refractivity contribution in [2.24, 2.45) is 5.41 Å². The molecule has 3 saturated heterocycles. The van der Waals surface area contributed by atoms with Crippen LogP contribution in [0.4, 0.5) is 4.39 Å². The molecule has 3 heterocycles. The highest BCUT2D eigenvalue weighted by Gasteiger charge is 2.42. The van der Waals surface area contributed by atoms with Crippen molar-refractivity contribution in [2.45, 2.75) is 38.6 Å². The van der Waals surface area contributed by atoms with Gasteiger partial charge in [-0.15, -0.1) is 0 Å². The maximum atomic E-state index is 13.1. The van der Waals surface area contributed by atoms with E-state index in [4.69, 9.17) is 4.84 Å². The Labute approximate surface area is 161 Å². The Bertz CT molecular complexity index is 647. The minimum atomic E-state index is -0.182. The van der Waals surface area contributed by atoms with Crippen molar-refractivity contribution in [3.05, 3.63) is 35.6 Å². The lowest BCUT2D eigenvalue weighted by molar-refractivity contribution is -0.138. The molecule has 1 atom stereocenters. The van der Waals surface area contributed by atoms with Gasteiger partial charge in [-0.1, -0.05) is 12.1 Å². The van der Waals surface area contributed by atoms with E-state index in [-0.39, 0.29) is 17.1 Å².